The SMILES string of the molecule is Cc1cccc(-c2noc(CCC3CCNC3)n2)n1. The lowest BCUT2D eigenvalue weighted by atomic mass is 10.0. The van der Waals surface area contributed by atoms with Gasteiger partial charge in [-0.25, -0.2) is 4.98 Å². The molecule has 2 aromatic heterocycles. The van der Waals surface area contributed by atoms with Crippen molar-refractivity contribution in [1.29, 1.82) is 0 Å². The van der Waals surface area contributed by atoms with Crippen molar-refractivity contribution in [2.75, 3.05) is 13.1 Å². The Balaban J connectivity index is 1.65. The first-order chi connectivity index (χ1) is 9.31. The maximum atomic E-state index is 5.30. The number of aryl methyl sites for hydroxylation is 2. The molecule has 0 aromatic carbocycles. The Labute approximate surface area is 112 Å². The van der Waals surface area contributed by atoms with E-state index in [1.54, 1.807) is 0 Å². The van der Waals surface area contributed by atoms with E-state index in [4.69, 9.17) is 4.52 Å². The normalized spacial score (nSPS) is 18.9. The van der Waals surface area contributed by atoms with Crippen LogP contribution in [0.25, 0.3) is 11.5 Å². The highest BCUT2D eigenvalue weighted by atomic mass is 16.5. The molecule has 5 nitrogen and oxygen atoms in total. The maximum absolute atomic E-state index is 5.30. The van der Waals surface area contributed by atoms with Crippen LogP contribution < -0.4 is 5.32 Å². The van der Waals surface area contributed by atoms with E-state index in [2.05, 4.69) is 20.4 Å². The predicted octanol–water partition coefficient (Wildman–Crippen LogP) is 1.98. The lowest BCUT2D eigenvalue weighted by Gasteiger charge is -2.03. The van der Waals surface area contributed by atoms with Crippen LogP contribution in [0, 0.1) is 12.8 Å². The number of pyridine rings is 1. The minimum atomic E-state index is 0.586. The molecule has 0 aliphatic carbocycles. The smallest absolute Gasteiger partial charge is 0.227 e. The van der Waals surface area contributed by atoms with E-state index in [9.17, 15) is 0 Å². The molecular formula is C14H18N4O. The quantitative estimate of drug-likeness (QED) is 0.908. The van der Waals surface area contributed by atoms with Gasteiger partial charge in [0.05, 0.1) is 0 Å². The van der Waals surface area contributed by atoms with Crippen LogP contribution >= 0.6 is 0 Å². The van der Waals surface area contributed by atoms with E-state index < -0.39 is 0 Å². The molecule has 2 aromatic rings. The van der Waals surface area contributed by atoms with Crippen molar-refractivity contribution in [3.05, 3.63) is 29.8 Å². The van der Waals surface area contributed by atoms with Gasteiger partial charge in [-0.3, -0.25) is 0 Å². The van der Waals surface area contributed by atoms with E-state index in [-0.39, 0.29) is 0 Å². The molecule has 1 unspecified atom stereocenters. The van der Waals surface area contributed by atoms with Gasteiger partial charge >= 0.3 is 0 Å². The fourth-order valence-electron chi connectivity index (χ4n) is 2.42. The molecule has 1 fully saturated rings. The average Bonchev–Trinajstić information content (AvgIpc) is 3.08. The lowest BCUT2D eigenvalue weighted by Crippen LogP contribution is -2.09. The van der Waals surface area contributed by atoms with E-state index in [0.29, 0.717) is 11.7 Å². The number of rotatable bonds is 4. The summed E-state index contributed by atoms with van der Waals surface area (Å²) in [6.45, 7) is 4.20. The zero-order chi connectivity index (χ0) is 13.1. The van der Waals surface area contributed by atoms with Gasteiger partial charge in [-0.15, -0.1) is 0 Å². The van der Waals surface area contributed by atoms with Crippen molar-refractivity contribution in [2.45, 2.75) is 26.2 Å². The molecule has 0 bridgehead atoms. The topological polar surface area (TPSA) is 63.8 Å². The van der Waals surface area contributed by atoms with Crippen LogP contribution in [0.15, 0.2) is 22.7 Å². The second-order valence-corrected chi connectivity index (χ2v) is 5.07. The zero-order valence-electron chi connectivity index (χ0n) is 11.1. The van der Waals surface area contributed by atoms with Gasteiger partial charge in [0.1, 0.15) is 5.69 Å². The van der Waals surface area contributed by atoms with Gasteiger partial charge in [0.15, 0.2) is 0 Å². The number of nitrogens with zero attached hydrogens (tertiary/aromatic N) is 3. The molecule has 0 amide bonds. The number of hydrogen-bond acceptors (Lipinski definition) is 5. The highest BCUT2D eigenvalue weighted by Crippen LogP contribution is 2.17. The summed E-state index contributed by atoms with van der Waals surface area (Å²) in [6.07, 6.45) is 3.21. The van der Waals surface area contributed by atoms with Crippen LogP contribution in [0.4, 0.5) is 0 Å². The molecule has 0 radical (unpaired) electrons. The van der Waals surface area contributed by atoms with E-state index >= 15 is 0 Å². The van der Waals surface area contributed by atoms with E-state index in [1.165, 1.54) is 6.42 Å². The minimum absolute atomic E-state index is 0.586. The number of aromatic nitrogens is 3. The highest BCUT2D eigenvalue weighted by molar-refractivity contribution is 5.47. The largest absolute Gasteiger partial charge is 0.339 e. The lowest BCUT2D eigenvalue weighted by molar-refractivity contribution is 0.365. The summed E-state index contributed by atoms with van der Waals surface area (Å²) in [4.78, 5) is 8.82. The van der Waals surface area contributed by atoms with Crippen LogP contribution in [-0.4, -0.2) is 28.2 Å². The van der Waals surface area contributed by atoms with E-state index in [0.717, 1.165) is 43.2 Å². The Kier molecular flexibility index (Phi) is 3.55. The van der Waals surface area contributed by atoms with Gasteiger partial charge < -0.3 is 9.84 Å². The van der Waals surface area contributed by atoms with Crippen LogP contribution in [0.2, 0.25) is 0 Å². The monoisotopic (exact) mass is 258 g/mol. The fourth-order valence-corrected chi connectivity index (χ4v) is 2.42. The zero-order valence-corrected chi connectivity index (χ0v) is 11.1. The third kappa shape index (κ3) is 2.98. The van der Waals surface area contributed by atoms with Gasteiger partial charge in [0.25, 0.3) is 0 Å². The summed E-state index contributed by atoms with van der Waals surface area (Å²) >= 11 is 0. The standard InChI is InChI=1S/C14H18N4O/c1-10-3-2-4-12(16-10)14-17-13(19-18-14)6-5-11-7-8-15-9-11/h2-4,11,15H,5-9H2,1H3. The fraction of sp³-hybridized carbons (Fsp3) is 0.500. The number of hydrogen-bond donors (Lipinski definition) is 1. The molecule has 3 heterocycles. The molecule has 1 aliphatic rings. The van der Waals surface area contributed by atoms with Crippen molar-refractivity contribution in [3.8, 4) is 11.5 Å². The number of nitrogens with one attached hydrogen (secondary N) is 1. The summed E-state index contributed by atoms with van der Waals surface area (Å²) in [5, 5.41) is 7.38. The Bertz CT molecular complexity index is 546. The van der Waals surface area contributed by atoms with Crippen LogP contribution in [-0.2, 0) is 6.42 Å². The molecule has 1 N–H and O–H groups in total. The molecule has 1 saturated heterocycles. The molecule has 0 saturated carbocycles. The first-order valence-corrected chi connectivity index (χ1v) is 6.78. The van der Waals surface area contributed by atoms with Gasteiger partial charge in [-0.2, -0.15) is 4.98 Å². The van der Waals surface area contributed by atoms with Crippen molar-refractivity contribution >= 4 is 0 Å². The summed E-state index contributed by atoms with van der Waals surface area (Å²) in [5.41, 5.74) is 1.73. The predicted molar refractivity (Wildman–Crippen MR) is 71.6 cm³/mol. The maximum Gasteiger partial charge on any atom is 0.227 e. The van der Waals surface area contributed by atoms with Crippen molar-refractivity contribution < 1.29 is 4.52 Å². The third-order valence-corrected chi connectivity index (χ3v) is 3.51. The molecule has 19 heavy (non-hydrogen) atoms. The Morgan fingerprint density at radius 1 is 1.37 bits per heavy atom. The second kappa shape index (κ2) is 5.48. The Hall–Kier alpha value is -1.75. The summed E-state index contributed by atoms with van der Waals surface area (Å²) in [5.74, 6) is 2.04. The van der Waals surface area contributed by atoms with Gasteiger partial charge in [-0.1, -0.05) is 11.2 Å². The third-order valence-electron chi connectivity index (χ3n) is 3.51. The molecule has 1 atom stereocenters. The molecule has 5 heteroatoms. The minimum Gasteiger partial charge on any atom is -0.339 e. The molecule has 0 spiro atoms. The van der Waals surface area contributed by atoms with Gasteiger partial charge in [-0.05, 0) is 50.9 Å². The second-order valence-electron chi connectivity index (χ2n) is 5.07. The summed E-state index contributed by atoms with van der Waals surface area (Å²) in [7, 11) is 0. The van der Waals surface area contributed by atoms with Crippen molar-refractivity contribution in [2.24, 2.45) is 5.92 Å². The van der Waals surface area contributed by atoms with Crippen molar-refractivity contribution in [1.82, 2.24) is 20.4 Å². The first kappa shape index (κ1) is 12.3. The average molecular weight is 258 g/mol. The first-order valence-electron chi connectivity index (χ1n) is 6.78. The van der Waals surface area contributed by atoms with Gasteiger partial charge in [0, 0.05) is 12.1 Å². The van der Waals surface area contributed by atoms with Crippen LogP contribution in [0.3, 0.4) is 0 Å². The molecular weight excluding hydrogens is 240 g/mol. The van der Waals surface area contributed by atoms with Gasteiger partial charge in [0.2, 0.25) is 11.7 Å². The van der Waals surface area contributed by atoms with Crippen LogP contribution in [0.1, 0.15) is 24.4 Å². The van der Waals surface area contributed by atoms with Crippen LogP contribution in [0.5, 0.6) is 0 Å². The summed E-state index contributed by atoms with van der Waals surface area (Å²) < 4.78 is 5.30. The molecule has 100 valence electrons. The Morgan fingerprint density at radius 2 is 2.32 bits per heavy atom. The van der Waals surface area contributed by atoms with E-state index in [1.807, 2.05) is 25.1 Å². The molecule has 1 aliphatic heterocycles. The van der Waals surface area contributed by atoms with Crippen molar-refractivity contribution in [3.63, 3.8) is 0 Å². The Morgan fingerprint density at radius 3 is 3.11 bits per heavy atom. The molecule has 3 rings (SSSR count). The highest BCUT2D eigenvalue weighted by Gasteiger charge is 2.16. The summed E-state index contributed by atoms with van der Waals surface area (Å²) in [6, 6.07) is 5.82.